The summed E-state index contributed by atoms with van der Waals surface area (Å²) < 4.78 is 31.9. The number of methoxy groups -OCH3 is 1. The highest BCUT2D eigenvalue weighted by Crippen LogP contribution is 2.33. The topological polar surface area (TPSA) is 79.8 Å². The predicted molar refractivity (Wildman–Crippen MR) is 122 cm³/mol. The monoisotopic (exact) mass is 429 g/mol. The number of aromatic nitrogens is 6. The van der Waals surface area contributed by atoms with E-state index in [0.717, 1.165) is 30.3 Å². The van der Waals surface area contributed by atoms with Crippen molar-refractivity contribution in [3.8, 4) is 22.6 Å². The van der Waals surface area contributed by atoms with Crippen molar-refractivity contribution in [2.45, 2.75) is 19.4 Å². The highest BCUT2D eigenvalue weighted by atomic mass is 16.5. The first-order valence-corrected chi connectivity index (χ1v) is 10.5. The van der Waals surface area contributed by atoms with Gasteiger partial charge in [0.05, 0.1) is 34.1 Å². The molecule has 0 N–H and O–H groups in total. The second kappa shape index (κ2) is 7.05. The van der Waals surface area contributed by atoms with Gasteiger partial charge in [0.2, 0.25) is 0 Å². The summed E-state index contributed by atoms with van der Waals surface area (Å²) in [7, 11) is -0.700. The quantitative estimate of drug-likeness (QED) is 0.427. The average Bonchev–Trinajstić information content (AvgIpc) is 3.41. The molecule has 160 valence electrons. The van der Waals surface area contributed by atoms with Crippen LogP contribution in [0.2, 0.25) is 0 Å². The van der Waals surface area contributed by atoms with Crippen molar-refractivity contribution < 1.29 is 8.85 Å². The molecule has 0 radical (unpaired) electrons. The molecule has 5 aromatic rings. The normalized spacial score (nSPS) is 15.6. The fourth-order valence-corrected chi connectivity index (χ4v) is 4.14. The zero-order valence-corrected chi connectivity index (χ0v) is 17.4. The van der Waals surface area contributed by atoms with Crippen LogP contribution in [0.15, 0.2) is 59.7 Å². The minimum atomic E-state index is -2.55. The Bertz CT molecular complexity index is 1630. The van der Waals surface area contributed by atoms with E-state index in [0.29, 0.717) is 33.8 Å². The van der Waals surface area contributed by atoms with Crippen molar-refractivity contribution in [3.05, 3.63) is 65.2 Å². The third-order valence-electron chi connectivity index (χ3n) is 5.91. The van der Waals surface area contributed by atoms with Crippen LogP contribution in [0.5, 0.6) is 5.75 Å². The number of benzene rings is 2. The van der Waals surface area contributed by atoms with Gasteiger partial charge in [0.1, 0.15) is 16.8 Å². The van der Waals surface area contributed by atoms with Gasteiger partial charge in [-0.25, -0.2) is 0 Å². The molecule has 3 heterocycles. The maximum absolute atomic E-state index is 13.9. The summed E-state index contributed by atoms with van der Waals surface area (Å²) in [6, 6.07) is 12.1. The SMILES string of the molecule is [2H]C([2H])([2H])Oc1ccc(-c2c(=O)n(-c3ccc4nn(C)cc4c3)nc3cnn(CC4CC4)c23)cc1. The molecular weight excluding hydrogens is 404 g/mol. The third kappa shape index (κ3) is 3.07. The number of nitrogens with zero attached hydrogens (tertiary/aromatic N) is 6. The van der Waals surface area contributed by atoms with Crippen molar-refractivity contribution in [2.24, 2.45) is 13.0 Å². The van der Waals surface area contributed by atoms with Crippen LogP contribution in [0.4, 0.5) is 0 Å². The molecule has 3 aromatic heterocycles. The van der Waals surface area contributed by atoms with E-state index in [4.69, 9.17) is 8.85 Å². The van der Waals surface area contributed by atoms with E-state index in [2.05, 4.69) is 15.3 Å². The van der Waals surface area contributed by atoms with Crippen molar-refractivity contribution in [3.63, 3.8) is 0 Å². The van der Waals surface area contributed by atoms with Crippen molar-refractivity contribution in [1.29, 1.82) is 0 Å². The molecule has 1 fully saturated rings. The molecule has 1 aliphatic carbocycles. The number of hydrogen-bond acceptors (Lipinski definition) is 5. The zero-order valence-electron chi connectivity index (χ0n) is 20.4. The molecule has 2 aromatic carbocycles. The van der Waals surface area contributed by atoms with Crippen LogP contribution >= 0.6 is 0 Å². The van der Waals surface area contributed by atoms with Crippen molar-refractivity contribution in [1.82, 2.24) is 29.3 Å². The van der Waals surface area contributed by atoms with Crippen LogP contribution in [0, 0.1) is 5.92 Å². The lowest BCUT2D eigenvalue weighted by Crippen LogP contribution is -2.24. The lowest BCUT2D eigenvalue weighted by atomic mass is 10.1. The number of aryl methyl sites for hydroxylation is 1. The van der Waals surface area contributed by atoms with Crippen molar-refractivity contribution >= 4 is 21.9 Å². The summed E-state index contributed by atoms with van der Waals surface area (Å²) in [5.74, 6) is 0.754. The Morgan fingerprint density at radius 3 is 2.75 bits per heavy atom. The predicted octanol–water partition coefficient (Wildman–Crippen LogP) is 3.55. The fraction of sp³-hybridized carbons (Fsp3) is 0.250. The van der Waals surface area contributed by atoms with Gasteiger partial charge >= 0.3 is 0 Å². The van der Waals surface area contributed by atoms with Crippen LogP contribution < -0.4 is 10.3 Å². The molecule has 0 aliphatic heterocycles. The first kappa shape index (κ1) is 15.8. The Hall–Kier alpha value is -3.94. The van der Waals surface area contributed by atoms with Gasteiger partial charge in [-0.15, -0.1) is 0 Å². The number of ether oxygens (including phenoxy) is 1. The third-order valence-corrected chi connectivity index (χ3v) is 5.91. The first-order valence-electron chi connectivity index (χ1n) is 12.0. The lowest BCUT2D eigenvalue weighted by molar-refractivity contribution is 0.415. The van der Waals surface area contributed by atoms with Crippen molar-refractivity contribution in [2.75, 3.05) is 7.04 Å². The molecule has 8 nitrogen and oxygen atoms in total. The number of hydrogen-bond donors (Lipinski definition) is 0. The van der Waals surface area contributed by atoms with Gasteiger partial charge in [-0.1, -0.05) is 12.1 Å². The maximum atomic E-state index is 13.9. The lowest BCUT2D eigenvalue weighted by Gasteiger charge is -2.12. The summed E-state index contributed by atoms with van der Waals surface area (Å²) in [4.78, 5) is 13.9. The van der Waals surface area contributed by atoms with Crippen LogP contribution in [0.3, 0.4) is 0 Å². The van der Waals surface area contributed by atoms with Gasteiger partial charge in [0, 0.05) is 25.2 Å². The molecular formula is C24H22N6O2. The molecule has 8 heteroatoms. The largest absolute Gasteiger partial charge is 0.497 e. The highest BCUT2D eigenvalue weighted by molar-refractivity contribution is 5.91. The summed E-state index contributed by atoms with van der Waals surface area (Å²) in [5, 5.41) is 14.5. The maximum Gasteiger partial charge on any atom is 0.281 e. The Morgan fingerprint density at radius 1 is 1.12 bits per heavy atom. The minimum Gasteiger partial charge on any atom is -0.497 e. The summed E-state index contributed by atoms with van der Waals surface area (Å²) in [5.41, 5.74) is 3.53. The minimum absolute atomic E-state index is 0.202. The molecule has 0 unspecified atom stereocenters. The Labute approximate surface area is 187 Å². The molecule has 0 saturated heterocycles. The summed E-state index contributed by atoms with van der Waals surface area (Å²) >= 11 is 0. The van der Waals surface area contributed by atoms with Gasteiger partial charge in [-0.3, -0.25) is 14.2 Å². The number of fused-ring (bicyclic) bond motifs is 2. The van der Waals surface area contributed by atoms with E-state index in [-0.39, 0.29) is 11.3 Å². The van der Waals surface area contributed by atoms with Gasteiger partial charge in [-0.2, -0.15) is 20.0 Å². The van der Waals surface area contributed by atoms with Crippen LogP contribution in [0.25, 0.3) is 38.8 Å². The average molecular weight is 429 g/mol. The smallest absolute Gasteiger partial charge is 0.281 e. The van der Waals surface area contributed by atoms with E-state index < -0.39 is 7.04 Å². The summed E-state index contributed by atoms with van der Waals surface area (Å²) in [6.07, 6.45) is 5.87. The van der Waals surface area contributed by atoms with Crippen LogP contribution in [-0.2, 0) is 13.6 Å². The zero-order chi connectivity index (χ0) is 24.3. The standard InChI is InChI=1S/C24H22N6O2/c1-28-14-17-11-18(7-10-20(17)26-28)30-24(31)22(16-5-8-19(32-2)9-6-16)23-21(27-30)12-25-29(23)13-15-3-4-15/h5-12,14-15H,3-4,13H2,1-2H3/i2D3. The van der Waals surface area contributed by atoms with Gasteiger partial charge < -0.3 is 4.74 Å². The Morgan fingerprint density at radius 2 is 1.97 bits per heavy atom. The van der Waals surface area contributed by atoms with E-state index in [1.54, 1.807) is 35.1 Å². The molecule has 0 atom stereocenters. The van der Waals surface area contributed by atoms with E-state index in [1.165, 1.54) is 4.68 Å². The van der Waals surface area contributed by atoms with Gasteiger partial charge in [0.25, 0.3) is 5.56 Å². The molecule has 1 saturated carbocycles. The Kier molecular flexibility index (Phi) is 3.48. The fourth-order valence-electron chi connectivity index (χ4n) is 4.14. The van der Waals surface area contributed by atoms with Gasteiger partial charge in [-0.05, 0) is 54.7 Å². The van der Waals surface area contributed by atoms with E-state index in [9.17, 15) is 4.79 Å². The molecule has 1 aliphatic rings. The molecule has 0 amide bonds. The Balaban J connectivity index is 1.54. The van der Waals surface area contributed by atoms with E-state index in [1.807, 2.05) is 36.1 Å². The highest BCUT2D eigenvalue weighted by Gasteiger charge is 2.25. The number of rotatable bonds is 5. The molecule has 6 rings (SSSR count). The molecule has 0 bridgehead atoms. The van der Waals surface area contributed by atoms with Crippen LogP contribution in [-0.4, -0.2) is 36.4 Å². The van der Waals surface area contributed by atoms with Crippen LogP contribution in [0.1, 0.15) is 17.0 Å². The second-order valence-corrected chi connectivity index (χ2v) is 8.27. The second-order valence-electron chi connectivity index (χ2n) is 8.27. The van der Waals surface area contributed by atoms with E-state index >= 15 is 0 Å². The first-order chi connectivity index (χ1) is 16.7. The summed E-state index contributed by atoms with van der Waals surface area (Å²) in [6.45, 7) is 0.726. The van der Waals surface area contributed by atoms with Gasteiger partial charge in [0.15, 0.2) is 0 Å². The molecule has 0 spiro atoms. The molecule has 32 heavy (non-hydrogen) atoms.